The third-order valence-electron chi connectivity index (χ3n) is 4.11. The van der Waals surface area contributed by atoms with Gasteiger partial charge in [-0.2, -0.15) is 9.63 Å². The fourth-order valence-electron chi connectivity index (χ4n) is 2.55. The average molecular weight is 509 g/mol. The van der Waals surface area contributed by atoms with E-state index in [0.29, 0.717) is 29.0 Å². The highest BCUT2D eigenvalue weighted by Crippen LogP contribution is 2.30. The summed E-state index contributed by atoms with van der Waals surface area (Å²) in [5.41, 5.74) is 2.78. The fraction of sp³-hybridized carbons (Fsp3) is 0.167. The molecule has 3 rings (SSSR count). The predicted octanol–water partition coefficient (Wildman–Crippen LogP) is 2.42. The molecule has 0 atom stereocenters. The molecule has 2 aromatic carbocycles. The summed E-state index contributed by atoms with van der Waals surface area (Å²) < 4.78 is 10.4. The maximum atomic E-state index is 12.1. The third kappa shape index (κ3) is 6.31. The number of nitro benzene ring substituents is 1. The number of benzene rings is 2. The summed E-state index contributed by atoms with van der Waals surface area (Å²) in [6.07, 6.45) is 0. The zero-order valence-electron chi connectivity index (χ0n) is 17.6. The summed E-state index contributed by atoms with van der Waals surface area (Å²) in [5, 5.41) is 24.6. The summed E-state index contributed by atoms with van der Waals surface area (Å²) in [6, 6.07) is 7.92. The highest BCUT2D eigenvalue weighted by atomic mass is 35.5. The van der Waals surface area contributed by atoms with Gasteiger partial charge in [-0.1, -0.05) is 11.6 Å². The van der Waals surface area contributed by atoms with Crippen LogP contribution in [0.5, 0.6) is 11.5 Å². The van der Waals surface area contributed by atoms with Crippen molar-refractivity contribution in [1.29, 1.82) is 0 Å². The van der Waals surface area contributed by atoms with Crippen molar-refractivity contribution in [3.05, 3.63) is 51.5 Å². The van der Waals surface area contributed by atoms with Gasteiger partial charge in [0.05, 0.1) is 29.9 Å². The number of methoxy groups -OCH3 is 2. The van der Waals surface area contributed by atoms with Gasteiger partial charge in [-0.15, -0.1) is 10.2 Å². The second kappa shape index (κ2) is 11.3. The Bertz CT molecular complexity index is 1220. The van der Waals surface area contributed by atoms with Crippen molar-refractivity contribution < 1.29 is 24.0 Å². The van der Waals surface area contributed by atoms with Gasteiger partial charge >= 0.3 is 6.03 Å². The van der Waals surface area contributed by atoms with Crippen molar-refractivity contribution in [1.82, 2.24) is 30.5 Å². The molecule has 1 heterocycles. The van der Waals surface area contributed by atoms with E-state index in [1.54, 1.807) is 18.2 Å². The van der Waals surface area contributed by atoms with Crippen molar-refractivity contribution >= 4 is 46.1 Å². The number of ether oxygens (including phenoxy) is 2. The zero-order valence-corrected chi connectivity index (χ0v) is 19.2. The van der Waals surface area contributed by atoms with Crippen LogP contribution < -0.4 is 25.0 Å². The Hall–Kier alpha value is -3.95. The number of hydrogen-bond acceptors (Lipinski definition) is 11. The van der Waals surface area contributed by atoms with Gasteiger partial charge in [-0.05, 0) is 29.5 Å². The van der Waals surface area contributed by atoms with Crippen molar-refractivity contribution in [3.8, 4) is 22.9 Å². The molecule has 0 unspecified atom stereocenters. The summed E-state index contributed by atoms with van der Waals surface area (Å²) in [7, 11) is 3.02. The minimum Gasteiger partial charge on any atom is -0.493 e. The topological polar surface area (TPSA) is 175 Å². The number of amides is 2. The van der Waals surface area contributed by atoms with Crippen molar-refractivity contribution in [2.75, 3.05) is 19.5 Å². The molecule has 0 radical (unpaired) electrons. The number of nitrogens with zero attached hydrogens (tertiary/aromatic N) is 5. The molecule has 1 aromatic heterocycles. The Morgan fingerprint density at radius 2 is 1.94 bits per heavy atom. The third-order valence-corrected chi connectivity index (χ3v) is 4.98. The maximum Gasteiger partial charge on any atom is 0.334 e. The molecule has 2 amide bonds. The SMILES string of the molecule is COc1ccc(-c2nnn(CC(=O)SNNC(=O)Nc3ccc([N+](=O)[O-])cc3Cl)n2)cc1OC. The van der Waals surface area contributed by atoms with E-state index >= 15 is 0 Å². The minimum absolute atomic E-state index is 0.0179. The van der Waals surface area contributed by atoms with Crippen LogP contribution in [0.4, 0.5) is 16.2 Å². The van der Waals surface area contributed by atoms with Crippen molar-refractivity contribution in [2.24, 2.45) is 0 Å². The number of aromatic nitrogens is 4. The molecule has 0 saturated carbocycles. The lowest BCUT2D eigenvalue weighted by atomic mass is 10.2. The highest BCUT2D eigenvalue weighted by molar-refractivity contribution is 8.11. The Morgan fingerprint density at radius 3 is 2.62 bits per heavy atom. The number of tetrazole rings is 1. The zero-order chi connectivity index (χ0) is 24.7. The van der Waals surface area contributed by atoms with Crippen LogP contribution in [-0.2, 0) is 11.3 Å². The Kier molecular flexibility index (Phi) is 8.18. The van der Waals surface area contributed by atoms with Crippen molar-refractivity contribution in [2.45, 2.75) is 6.54 Å². The molecule has 3 aromatic rings. The highest BCUT2D eigenvalue weighted by Gasteiger charge is 2.14. The number of carbonyl (C=O) groups excluding carboxylic acids is 2. The van der Waals surface area contributed by atoms with E-state index in [1.807, 2.05) is 0 Å². The molecule has 0 aliphatic carbocycles. The maximum absolute atomic E-state index is 12.1. The molecule has 0 saturated heterocycles. The summed E-state index contributed by atoms with van der Waals surface area (Å²) in [4.78, 5) is 37.6. The molecule has 0 fully saturated rings. The molecular weight excluding hydrogens is 492 g/mol. The standard InChI is InChI=1S/C18H17ClN8O6S/c1-32-14-6-3-10(7-15(14)33-2)17-21-24-26(23-17)9-16(28)34-25-22-18(29)20-13-5-4-11(27(30)31)8-12(13)19/h3-8,25H,9H2,1-2H3,(H2,20,22,29). The number of nitrogens with one attached hydrogen (secondary N) is 3. The van der Waals surface area contributed by atoms with Crippen LogP contribution >= 0.6 is 23.5 Å². The van der Waals surface area contributed by atoms with Crippen LogP contribution in [0.25, 0.3) is 11.4 Å². The van der Waals surface area contributed by atoms with Crippen LogP contribution in [0, 0.1) is 10.1 Å². The van der Waals surface area contributed by atoms with E-state index in [2.05, 4.69) is 31.0 Å². The van der Waals surface area contributed by atoms with Gasteiger partial charge in [-0.3, -0.25) is 20.3 Å². The van der Waals surface area contributed by atoms with Crippen LogP contribution in [0.2, 0.25) is 5.02 Å². The first-order valence-electron chi connectivity index (χ1n) is 9.26. The van der Waals surface area contributed by atoms with Gasteiger partial charge in [0.1, 0.15) is 6.54 Å². The Morgan fingerprint density at radius 1 is 1.18 bits per heavy atom. The van der Waals surface area contributed by atoms with Crippen LogP contribution in [-0.4, -0.2) is 50.5 Å². The molecule has 0 aliphatic heterocycles. The van der Waals surface area contributed by atoms with E-state index in [1.165, 1.54) is 26.4 Å². The van der Waals surface area contributed by atoms with Crippen LogP contribution in [0.3, 0.4) is 0 Å². The number of anilines is 1. The molecule has 0 bridgehead atoms. The summed E-state index contributed by atoms with van der Waals surface area (Å²) in [5.74, 6) is 1.32. The van der Waals surface area contributed by atoms with Gasteiger partial charge in [0.15, 0.2) is 11.5 Å². The fourth-order valence-corrected chi connectivity index (χ4v) is 3.21. The number of urea groups is 1. The Balaban J connectivity index is 1.48. The van der Waals surface area contributed by atoms with Gasteiger partial charge in [0.25, 0.3) is 5.69 Å². The second-order valence-corrected chi connectivity index (χ2v) is 7.56. The van der Waals surface area contributed by atoms with Gasteiger partial charge < -0.3 is 14.8 Å². The molecule has 178 valence electrons. The molecule has 34 heavy (non-hydrogen) atoms. The van der Waals surface area contributed by atoms with Gasteiger partial charge in [0, 0.05) is 29.6 Å². The first-order chi connectivity index (χ1) is 16.3. The number of halogens is 1. The summed E-state index contributed by atoms with van der Waals surface area (Å²) >= 11 is 6.50. The lowest BCUT2D eigenvalue weighted by molar-refractivity contribution is -0.384. The number of hydrazine groups is 1. The number of nitro groups is 1. The molecule has 0 aliphatic rings. The number of non-ortho nitro benzene ring substituents is 1. The lowest BCUT2D eigenvalue weighted by Gasteiger charge is -2.09. The first kappa shape index (κ1) is 24.7. The molecule has 0 spiro atoms. The van der Waals surface area contributed by atoms with Gasteiger partial charge in [0.2, 0.25) is 10.9 Å². The normalized spacial score (nSPS) is 10.4. The number of carbonyl (C=O) groups is 2. The van der Waals surface area contributed by atoms with E-state index in [9.17, 15) is 19.7 Å². The van der Waals surface area contributed by atoms with Crippen LogP contribution in [0.15, 0.2) is 36.4 Å². The number of rotatable bonds is 9. The number of hydrogen-bond donors (Lipinski definition) is 3. The van der Waals surface area contributed by atoms with E-state index in [0.717, 1.165) is 10.9 Å². The van der Waals surface area contributed by atoms with E-state index in [4.69, 9.17) is 21.1 Å². The first-order valence-corrected chi connectivity index (χ1v) is 10.5. The second-order valence-electron chi connectivity index (χ2n) is 6.29. The molecule has 3 N–H and O–H groups in total. The molecule has 16 heteroatoms. The lowest BCUT2D eigenvalue weighted by Crippen LogP contribution is -2.37. The monoisotopic (exact) mass is 508 g/mol. The predicted molar refractivity (Wildman–Crippen MR) is 122 cm³/mol. The summed E-state index contributed by atoms with van der Waals surface area (Å²) in [6.45, 7) is -0.227. The van der Waals surface area contributed by atoms with Gasteiger partial charge in [-0.25, -0.2) is 4.79 Å². The smallest absolute Gasteiger partial charge is 0.334 e. The quantitative estimate of drug-likeness (QED) is 0.220. The Labute approximate surface area is 201 Å². The molecular formula is C18H17ClN8O6S. The van der Waals surface area contributed by atoms with Crippen molar-refractivity contribution in [3.63, 3.8) is 0 Å². The average Bonchev–Trinajstić information content (AvgIpc) is 3.28. The van der Waals surface area contributed by atoms with E-state index in [-0.39, 0.29) is 28.8 Å². The van der Waals surface area contributed by atoms with E-state index < -0.39 is 16.1 Å². The van der Waals surface area contributed by atoms with Crippen LogP contribution in [0.1, 0.15) is 0 Å². The largest absolute Gasteiger partial charge is 0.493 e. The minimum atomic E-state index is -0.745. The molecule has 14 nitrogen and oxygen atoms in total.